The van der Waals surface area contributed by atoms with E-state index >= 15 is 0 Å². The van der Waals surface area contributed by atoms with Crippen LogP contribution in [0.1, 0.15) is 27.5 Å². The van der Waals surface area contributed by atoms with Gasteiger partial charge >= 0.3 is 5.97 Å². The molecule has 0 aliphatic carbocycles. The summed E-state index contributed by atoms with van der Waals surface area (Å²) in [7, 11) is 0. The van der Waals surface area contributed by atoms with Gasteiger partial charge in [0.2, 0.25) is 0 Å². The van der Waals surface area contributed by atoms with Crippen LogP contribution >= 0.6 is 0 Å². The van der Waals surface area contributed by atoms with Gasteiger partial charge in [-0.25, -0.2) is 9.78 Å². The molecule has 0 atom stereocenters. The van der Waals surface area contributed by atoms with E-state index in [1.807, 2.05) is 6.07 Å². The van der Waals surface area contributed by atoms with Crippen molar-refractivity contribution in [3.63, 3.8) is 0 Å². The number of aromatic nitrogens is 1. The zero-order chi connectivity index (χ0) is 11.5. The van der Waals surface area contributed by atoms with Crippen molar-refractivity contribution in [2.45, 2.75) is 13.3 Å². The van der Waals surface area contributed by atoms with Gasteiger partial charge in [-0.3, -0.25) is 0 Å². The quantitative estimate of drug-likeness (QED) is 0.856. The van der Waals surface area contributed by atoms with Crippen molar-refractivity contribution in [3.8, 4) is 0 Å². The minimum atomic E-state index is -0.918. The van der Waals surface area contributed by atoms with E-state index in [1.54, 1.807) is 31.4 Å². The highest BCUT2D eigenvalue weighted by atomic mass is 16.4. The second kappa shape index (κ2) is 4.18. The largest absolute Gasteiger partial charge is 0.478 e. The maximum absolute atomic E-state index is 10.8. The van der Waals surface area contributed by atoms with Crippen LogP contribution in [0.2, 0.25) is 0 Å². The molecule has 0 amide bonds. The van der Waals surface area contributed by atoms with E-state index < -0.39 is 5.97 Å². The second-order valence-corrected chi connectivity index (χ2v) is 3.54. The van der Waals surface area contributed by atoms with E-state index in [0.29, 0.717) is 12.3 Å². The van der Waals surface area contributed by atoms with E-state index in [-0.39, 0.29) is 5.56 Å². The molecule has 16 heavy (non-hydrogen) atoms. The molecule has 0 radical (unpaired) electrons. The molecule has 1 aromatic carbocycles. The minimum absolute atomic E-state index is 0.290. The number of carboxylic acid groups (broad SMARTS) is 1. The first-order chi connectivity index (χ1) is 7.65. The van der Waals surface area contributed by atoms with Gasteiger partial charge in [-0.2, -0.15) is 0 Å². The molecule has 1 heterocycles. The second-order valence-electron chi connectivity index (χ2n) is 3.54. The predicted octanol–water partition coefficient (Wildman–Crippen LogP) is 2.27. The summed E-state index contributed by atoms with van der Waals surface area (Å²) in [6.45, 7) is 1.77. The van der Waals surface area contributed by atoms with Crippen LogP contribution in [0.4, 0.5) is 0 Å². The van der Waals surface area contributed by atoms with Crippen LogP contribution < -0.4 is 0 Å². The predicted molar refractivity (Wildman–Crippen MR) is 57.4 cm³/mol. The summed E-state index contributed by atoms with van der Waals surface area (Å²) in [6.07, 6.45) is 2.17. The molecule has 0 fully saturated rings. The molecule has 1 N–H and O–H groups in total. The standard InChI is InChI=1S/C12H11NO3/c1-8-13-11(7-16-8)6-9-3-2-4-10(5-9)12(14)15/h2-5,7H,6H2,1H3,(H,14,15). The molecule has 2 aromatic rings. The van der Waals surface area contributed by atoms with Gasteiger partial charge in [-0.1, -0.05) is 12.1 Å². The highest BCUT2D eigenvalue weighted by Gasteiger charge is 2.05. The SMILES string of the molecule is Cc1nc(Cc2cccc(C(=O)O)c2)co1. The van der Waals surface area contributed by atoms with Crippen molar-refractivity contribution in [3.05, 3.63) is 53.2 Å². The van der Waals surface area contributed by atoms with Crippen LogP contribution in [0, 0.1) is 6.92 Å². The number of carbonyl (C=O) groups is 1. The van der Waals surface area contributed by atoms with Crippen LogP contribution in [0.5, 0.6) is 0 Å². The third-order valence-electron chi connectivity index (χ3n) is 2.23. The Balaban J connectivity index is 2.21. The van der Waals surface area contributed by atoms with E-state index in [9.17, 15) is 4.79 Å². The topological polar surface area (TPSA) is 63.3 Å². The average molecular weight is 217 g/mol. The first-order valence-corrected chi connectivity index (χ1v) is 4.88. The Morgan fingerprint density at radius 1 is 1.50 bits per heavy atom. The number of oxazole rings is 1. The van der Waals surface area contributed by atoms with Crippen molar-refractivity contribution < 1.29 is 14.3 Å². The highest BCUT2D eigenvalue weighted by Crippen LogP contribution is 2.11. The summed E-state index contributed by atoms with van der Waals surface area (Å²) in [5.74, 6) is -0.303. The number of carboxylic acids is 1. The Kier molecular flexibility index (Phi) is 2.72. The van der Waals surface area contributed by atoms with Crippen LogP contribution in [0.3, 0.4) is 0 Å². The molecule has 4 nitrogen and oxygen atoms in total. The van der Waals surface area contributed by atoms with Crippen molar-refractivity contribution >= 4 is 5.97 Å². The molecule has 82 valence electrons. The fourth-order valence-electron chi connectivity index (χ4n) is 1.51. The van der Waals surface area contributed by atoms with Crippen LogP contribution in [-0.2, 0) is 6.42 Å². The number of aryl methyl sites for hydroxylation is 1. The van der Waals surface area contributed by atoms with Crippen LogP contribution in [0.15, 0.2) is 34.9 Å². The molecule has 0 aliphatic rings. The summed E-state index contributed by atoms with van der Waals surface area (Å²) in [6, 6.07) is 6.81. The number of nitrogens with zero attached hydrogens (tertiary/aromatic N) is 1. The molecule has 0 aliphatic heterocycles. The molecule has 0 saturated carbocycles. The fraction of sp³-hybridized carbons (Fsp3) is 0.167. The van der Waals surface area contributed by atoms with Crippen LogP contribution in [0.25, 0.3) is 0 Å². The third kappa shape index (κ3) is 2.28. The zero-order valence-corrected chi connectivity index (χ0v) is 8.80. The molecule has 4 heteroatoms. The van der Waals surface area contributed by atoms with Crippen molar-refractivity contribution in [1.82, 2.24) is 4.98 Å². The Morgan fingerprint density at radius 2 is 2.31 bits per heavy atom. The van der Waals surface area contributed by atoms with Gasteiger partial charge in [-0.05, 0) is 17.7 Å². The van der Waals surface area contributed by atoms with Crippen LogP contribution in [-0.4, -0.2) is 16.1 Å². The maximum atomic E-state index is 10.8. The van der Waals surface area contributed by atoms with Crippen molar-refractivity contribution in [2.24, 2.45) is 0 Å². The number of benzene rings is 1. The zero-order valence-electron chi connectivity index (χ0n) is 8.80. The lowest BCUT2D eigenvalue weighted by Crippen LogP contribution is -1.97. The summed E-state index contributed by atoms with van der Waals surface area (Å²) in [5.41, 5.74) is 2.01. The Hall–Kier alpha value is -2.10. The van der Waals surface area contributed by atoms with Crippen molar-refractivity contribution in [1.29, 1.82) is 0 Å². The van der Waals surface area contributed by atoms with E-state index in [4.69, 9.17) is 9.52 Å². The average Bonchev–Trinajstić information content (AvgIpc) is 2.64. The van der Waals surface area contributed by atoms with Crippen molar-refractivity contribution in [2.75, 3.05) is 0 Å². The summed E-state index contributed by atoms with van der Waals surface area (Å²) in [5, 5.41) is 8.85. The van der Waals surface area contributed by atoms with E-state index in [2.05, 4.69) is 4.98 Å². The lowest BCUT2D eigenvalue weighted by molar-refractivity contribution is 0.0697. The Morgan fingerprint density at radius 3 is 2.94 bits per heavy atom. The Labute approximate surface area is 92.6 Å². The molecule has 0 saturated heterocycles. The molecule has 0 unspecified atom stereocenters. The molecule has 1 aromatic heterocycles. The van der Waals surface area contributed by atoms with Gasteiger partial charge < -0.3 is 9.52 Å². The first kappa shape index (κ1) is 10.4. The lowest BCUT2D eigenvalue weighted by Gasteiger charge is -1.99. The molecular formula is C12H11NO3. The smallest absolute Gasteiger partial charge is 0.335 e. The highest BCUT2D eigenvalue weighted by molar-refractivity contribution is 5.87. The van der Waals surface area contributed by atoms with Gasteiger partial charge in [0.1, 0.15) is 6.26 Å². The monoisotopic (exact) mass is 217 g/mol. The number of hydrogen-bond acceptors (Lipinski definition) is 3. The molecule has 2 rings (SSSR count). The van der Waals surface area contributed by atoms with E-state index in [1.165, 1.54) is 0 Å². The Bertz CT molecular complexity index is 516. The number of aromatic carboxylic acids is 1. The third-order valence-corrected chi connectivity index (χ3v) is 2.23. The van der Waals surface area contributed by atoms with Gasteiger partial charge in [-0.15, -0.1) is 0 Å². The minimum Gasteiger partial charge on any atom is -0.478 e. The number of rotatable bonds is 3. The summed E-state index contributed by atoms with van der Waals surface area (Å²) < 4.78 is 5.09. The van der Waals surface area contributed by atoms with Gasteiger partial charge in [0.05, 0.1) is 11.3 Å². The first-order valence-electron chi connectivity index (χ1n) is 4.88. The van der Waals surface area contributed by atoms with Gasteiger partial charge in [0.15, 0.2) is 5.89 Å². The summed E-state index contributed by atoms with van der Waals surface area (Å²) >= 11 is 0. The van der Waals surface area contributed by atoms with Gasteiger partial charge in [0, 0.05) is 13.3 Å². The maximum Gasteiger partial charge on any atom is 0.335 e. The molecular weight excluding hydrogens is 206 g/mol. The fourth-order valence-corrected chi connectivity index (χ4v) is 1.51. The number of hydrogen-bond donors (Lipinski definition) is 1. The van der Waals surface area contributed by atoms with Gasteiger partial charge in [0.25, 0.3) is 0 Å². The summed E-state index contributed by atoms with van der Waals surface area (Å²) in [4.78, 5) is 14.9. The van der Waals surface area contributed by atoms with E-state index in [0.717, 1.165) is 11.3 Å². The lowest BCUT2D eigenvalue weighted by atomic mass is 10.1. The molecule has 0 spiro atoms. The normalized spacial score (nSPS) is 10.3. The molecule has 0 bridgehead atoms.